The molecule has 27 heavy (non-hydrogen) atoms. The molecule has 2 aromatic carbocycles. The maximum Gasteiger partial charge on any atom is 0.416 e. The number of rotatable bonds is 5. The lowest BCUT2D eigenvalue weighted by atomic mass is 9.94. The summed E-state index contributed by atoms with van der Waals surface area (Å²) in [5.74, 6) is 0.694. The SMILES string of the molecule is FC(F)(F)c1ccc(-c2ccccc2C=C2CCN(CCCCl)CC2)cc1. The molecule has 0 atom stereocenters. The van der Waals surface area contributed by atoms with Gasteiger partial charge in [-0.05, 0) is 54.6 Å². The van der Waals surface area contributed by atoms with Gasteiger partial charge in [0, 0.05) is 19.0 Å². The highest BCUT2D eigenvalue weighted by molar-refractivity contribution is 6.17. The molecule has 0 aromatic heterocycles. The topological polar surface area (TPSA) is 3.24 Å². The van der Waals surface area contributed by atoms with Crippen molar-refractivity contribution in [2.45, 2.75) is 25.4 Å². The third-order valence-electron chi connectivity index (χ3n) is 4.95. The molecule has 0 radical (unpaired) electrons. The minimum absolute atomic E-state index is 0.619. The summed E-state index contributed by atoms with van der Waals surface area (Å²) in [6, 6.07) is 13.3. The van der Waals surface area contributed by atoms with Crippen LogP contribution in [0.4, 0.5) is 13.2 Å². The fraction of sp³-hybridized carbons (Fsp3) is 0.364. The number of piperidine rings is 1. The molecule has 0 unspecified atom stereocenters. The molecule has 1 saturated heterocycles. The highest BCUT2D eigenvalue weighted by Gasteiger charge is 2.30. The number of hydrogen-bond acceptors (Lipinski definition) is 1. The maximum absolute atomic E-state index is 12.8. The van der Waals surface area contributed by atoms with E-state index in [-0.39, 0.29) is 0 Å². The molecule has 1 nitrogen and oxygen atoms in total. The van der Waals surface area contributed by atoms with E-state index < -0.39 is 11.7 Å². The van der Waals surface area contributed by atoms with E-state index in [9.17, 15) is 13.2 Å². The number of halogens is 4. The lowest BCUT2D eigenvalue weighted by Gasteiger charge is -2.28. The fourth-order valence-electron chi connectivity index (χ4n) is 3.44. The first-order valence-electron chi connectivity index (χ1n) is 9.22. The van der Waals surface area contributed by atoms with Gasteiger partial charge in [-0.2, -0.15) is 13.2 Å². The normalized spacial score (nSPS) is 15.8. The number of hydrogen-bond donors (Lipinski definition) is 0. The lowest BCUT2D eigenvalue weighted by Crippen LogP contribution is -2.31. The molecule has 0 spiro atoms. The Kier molecular flexibility index (Phi) is 6.61. The number of alkyl halides is 4. The monoisotopic (exact) mass is 393 g/mol. The van der Waals surface area contributed by atoms with Crippen molar-refractivity contribution in [3.05, 3.63) is 65.2 Å². The first kappa shape index (κ1) is 20.0. The van der Waals surface area contributed by atoms with E-state index in [1.54, 1.807) is 12.1 Å². The zero-order chi connectivity index (χ0) is 19.3. The number of nitrogens with zero attached hydrogens (tertiary/aromatic N) is 1. The Labute approximate surface area is 163 Å². The third-order valence-corrected chi connectivity index (χ3v) is 5.22. The van der Waals surface area contributed by atoms with Crippen molar-refractivity contribution in [2.75, 3.05) is 25.5 Å². The van der Waals surface area contributed by atoms with Gasteiger partial charge in [0.25, 0.3) is 0 Å². The summed E-state index contributed by atoms with van der Waals surface area (Å²) >= 11 is 5.77. The van der Waals surface area contributed by atoms with Crippen LogP contribution < -0.4 is 0 Å². The Bertz CT molecular complexity index is 771. The molecule has 1 aliphatic heterocycles. The van der Waals surface area contributed by atoms with Gasteiger partial charge < -0.3 is 4.90 Å². The van der Waals surface area contributed by atoms with Crippen LogP contribution in [0.5, 0.6) is 0 Å². The quantitative estimate of drug-likeness (QED) is 0.525. The Morgan fingerprint density at radius 1 is 0.963 bits per heavy atom. The van der Waals surface area contributed by atoms with Gasteiger partial charge in [0.15, 0.2) is 0 Å². The predicted octanol–water partition coefficient (Wildman–Crippen LogP) is 6.48. The number of benzene rings is 2. The standard InChI is InChI=1S/C22H23ClF3N/c23-12-3-13-27-14-10-17(11-15-27)16-19-4-1-2-5-21(19)18-6-8-20(9-7-18)22(24,25)26/h1-2,4-9,16H,3,10-15H2. The summed E-state index contributed by atoms with van der Waals surface area (Å²) in [5, 5.41) is 0. The molecular formula is C22H23ClF3N. The van der Waals surface area contributed by atoms with Gasteiger partial charge in [-0.1, -0.05) is 48.0 Å². The van der Waals surface area contributed by atoms with Crippen molar-refractivity contribution in [1.29, 1.82) is 0 Å². The average Bonchev–Trinajstić information content (AvgIpc) is 2.67. The van der Waals surface area contributed by atoms with Gasteiger partial charge in [-0.15, -0.1) is 11.6 Å². The summed E-state index contributed by atoms with van der Waals surface area (Å²) in [7, 11) is 0. The van der Waals surface area contributed by atoms with Gasteiger partial charge in [0.05, 0.1) is 5.56 Å². The Balaban J connectivity index is 1.77. The maximum atomic E-state index is 12.8. The molecule has 5 heteroatoms. The van der Waals surface area contributed by atoms with E-state index in [1.807, 2.05) is 24.3 Å². The molecule has 0 saturated carbocycles. The Morgan fingerprint density at radius 2 is 1.63 bits per heavy atom. The van der Waals surface area contributed by atoms with Crippen molar-refractivity contribution >= 4 is 17.7 Å². The van der Waals surface area contributed by atoms with Crippen LogP contribution in [0.15, 0.2) is 54.1 Å². The molecule has 1 fully saturated rings. The van der Waals surface area contributed by atoms with Crippen LogP contribution >= 0.6 is 11.6 Å². The molecule has 144 valence electrons. The smallest absolute Gasteiger partial charge is 0.303 e. The van der Waals surface area contributed by atoms with E-state index in [0.29, 0.717) is 5.88 Å². The van der Waals surface area contributed by atoms with E-state index in [4.69, 9.17) is 11.6 Å². The minimum atomic E-state index is -4.31. The molecule has 0 amide bonds. The third kappa shape index (κ3) is 5.36. The van der Waals surface area contributed by atoms with Crippen LogP contribution in [-0.4, -0.2) is 30.4 Å². The highest BCUT2D eigenvalue weighted by Crippen LogP contribution is 2.32. The number of likely N-dealkylation sites (tertiary alicyclic amines) is 1. The Morgan fingerprint density at radius 3 is 2.26 bits per heavy atom. The van der Waals surface area contributed by atoms with Crippen molar-refractivity contribution in [1.82, 2.24) is 4.90 Å². The van der Waals surface area contributed by atoms with Crippen molar-refractivity contribution in [3.63, 3.8) is 0 Å². The van der Waals surface area contributed by atoms with Gasteiger partial charge in [0.1, 0.15) is 0 Å². The minimum Gasteiger partial charge on any atom is -0.303 e. The van der Waals surface area contributed by atoms with Crippen molar-refractivity contribution in [3.8, 4) is 11.1 Å². The zero-order valence-corrected chi connectivity index (χ0v) is 15.9. The molecular weight excluding hydrogens is 371 g/mol. The largest absolute Gasteiger partial charge is 0.416 e. The van der Waals surface area contributed by atoms with Gasteiger partial charge >= 0.3 is 6.18 Å². The molecule has 0 N–H and O–H groups in total. The Hall–Kier alpha value is -1.78. The van der Waals surface area contributed by atoms with Gasteiger partial charge in [-0.25, -0.2) is 0 Å². The fourth-order valence-corrected chi connectivity index (χ4v) is 3.56. The van der Waals surface area contributed by atoms with Crippen LogP contribution in [0.2, 0.25) is 0 Å². The van der Waals surface area contributed by atoms with E-state index in [1.165, 1.54) is 5.57 Å². The van der Waals surface area contributed by atoms with Crippen LogP contribution in [0, 0.1) is 0 Å². The molecule has 1 heterocycles. The van der Waals surface area contributed by atoms with Gasteiger partial charge in [0.2, 0.25) is 0 Å². The van der Waals surface area contributed by atoms with Crippen LogP contribution in [0.1, 0.15) is 30.4 Å². The summed E-state index contributed by atoms with van der Waals surface area (Å²) in [6.45, 7) is 3.11. The predicted molar refractivity (Wildman–Crippen MR) is 106 cm³/mol. The summed E-state index contributed by atoms with van der Waals surface area (Å²) < 4.78 is 38.4. The van der Waals surface area contributed by atoms with E-state index in [2.05, 4.69) is 11.0 Å². The second-order valence-corrected chi connectivity index (χ2v) is 7.23. The first-order valence-corrected chi connectivity index (χ1v) is 9.75. The van der Waals surface area contributed by atoms with Gasteiger partial charge in [-0.3, -0.25) is 0 Å². The van der Waals surface area contributed by atoms with Crippen molar-refractivity contribution in [2.24, 2.45) is 0 Å². The molecule has 2 aromatic rings. The molecule has 3 rings (SSSR count). The van der Waals surface area contributed by atoms with Crippen LogP contribution in [-0.2, 0) is 6.18 Å². The molecule has 1 aliphatic rings. The second-order valence-electron chi connectivity index (χ2n) is 6.85. The summed E-state index contributed by atoms with van der Waals surface area (Å²) in [5.41, 5.74) is 3.59. The molecule has 0 bridgehead atoms. The van der Waals surface area contributed by atoms with Crippen LogP contribution in [0.3, 0.4) is 0 Å². The zero-order valence-electron chi connectivity index (χ0n) is 15.1. The summed E-state index contributed by atoms with van der Waals surface area (Å²) in [6.07, 6.45) is 0.938. The van der Waals surface area contributed by atoms with E-state index in [0.717, 1.165) is 67.7 Å². The second kappa shape index (κ2) is 8.94. The highest BCUT2D eigenvalue weighted by atomic mass is 35.5. The van der Waals surface area contributed by atoms with Crippen LogP contribution in [0.25, 0.3) is 17.2 Å². The average molecular weight is 394 g/mol. The lowest BCUT2D eigenvalue weighted by molar-refractivity contribution is -0.137. The van der Waals surface area contributed by atoms with Crippen molar-refractivity contribution < 1.29 is 13.2 Å². The molecule has 0 aliphatic carbocycles. The van der Waals surface area contributed by atoms with E-state index >= 15 is 0 Å². The first-order chi connectivity index (χ1) is 13.0. The summed E-state index contributed by atoms with van der Waals surface area (Å²) in [4.78, 5) is 2.43.